The summed E-state index contributed by atoms with van der Waals surface area (Å²) >= 11 is 0. The predicted molar refractivity (Wildman–Crippen MR) is 91.3 cm³/mol. The third kappa shape index (κ3) is 6.74. The summed E-state index contributed by atoms with van der Waals surface area (Å²) < 4.78 is 5.14. The summed E-state index contributed by atoms with van der Waals surface area (Å²) in [5.41, 5.74) is 4.55. The topological polar surface area (TPSA) is 50.7 Å². The van der Waals surface area contributed by atoms with Crippen LogP contribution in [0.4, 0.5) is 0 Å². The zero-order valence-electron chi connectivity index (χ0n) is 14.0. The monoisotopic (exact) mass is 304 g/mol. The number of benzene rings is 1. The number of hydrogen-bond donors (Lipinski definition) is 1. The van der Waals surface area contributed by atoms with Crippen LogP contribution in [0.1, 0.15) is 64.4 Å². The average Bonchev–Trinajstić information content (AvgIpc) is 2.55. The van der Waals surface area contributed by atoms with Crippen molar-refractivity contribution in [1.29, 1.82) is 0 Å². The number of hydrogen-bond acceptors (Lipinski definition) is 3. The first-order chi connectivity index (χ1) is 10.7. The van der Waals surface area contributed by atoms with E-state index >= 15 is 0 Å². The Morgan fingerprint density at radius 3 is 2.36 bits per heavy atom. The highest BCUT2D eigenvalue weighted by atomic mass is 16.5. The number of nitrogens with zero attached hydrogens (tertiary/aromatic N) is 1. The third-order valence-corrected chi connectivity index (χ3v) is 3.58. The lowest BCUT2D eigenvalue weighted by atomic mass is 10.1. The lowest BCUT2D eigenvalue weighted by Gasteiger charge is -2.06. The number of ether oxygens (including phenoxy) is 1. The van der Waals surface area contributed by atoms with Crippen molar-refractivity contribution in [3.8, 4) is 5.75 Å². The normalized spacial score (nSPS) is 11.3. The van der Waals surface area contributed by atoms with Gasteiger partial charge >= 0.3 is 0 Å². The van der Waals surface area contributed by atoms with Gasteiger partial charge in [-0.2, -0.15) is 5.10 Å². The number of unbranched alkanes of at least 4 members (excludes halogenated alkanes) is 4. The van der Waals surface area contributed by atoms with E-state index in [1.165, 1.54) is 19.3 Å². The molecular formula is C18H28N2O2. The summed E-state index contributed by atoms with van der Waals surface area (Å²) in [4.78, 5) is 11.8. The Hall–Kier alpha value is -1.84. The quantitative estimate of drug-likeness (QED) is 0.398. The van der Waals surface area contributed by atoms with Gasteiger partial charge in [0.25, 0.3) is 0 Å². The van der Waals surface area contributed by atoms with Crippen LogP contribution in [-0.4, -0.2) is 18.7 Å². The number of carbonyl (C=O) groups is 1. The van der Waals surface area contributed by atoms with Gasteiger partial charge in [0.05, 0.1) is 12.8 Å². The highest BCUT2D eigenvalue weighted by Crippen LogP contribution is 2.13. The molecule has 0 saturated carbocycles. The maximum absolute atomic E-state index is 11.8. The Balaban J connectivity index is 2.45. The molecule has 1 aromatic carbocycles. The Morgan fingerprint density at radius 1 is 1.09 bits per heavy atom. The number of hydrazone groups is 1. The fourth-order valence-electron chi connectivity index (χ4n) is 2.21. The molecule has 122 valence electrons. The zero-order chi connectivity index (χ0) is 16.2. The molecule has 0 aliphatic carbocycles. The second-order valence-corrected chi connectivity index (χ2v) is 5.34. The number of methoxy groups -OCH3 is 1. The molecule has 1 amide bonds. The smallest absolute Gasteiger partial charge is 0.240 e. The van der Waals surface area contributed by atoms with Gasteiger partial charge < -0.3 is 4.74 Å². The number of amides is 1. The predicted octanol–water partition coefficient (Wildman–Crippen LogP) is 4.29. The van der Waals surface area contributed by atoms with E-state index in [1.807, 2.05) is 31.2 Å². The van der Waals surface area contributed by atoms with Crippen molar-refractivity contribution in [3.63, 3.8) is 0 Å². The van der Waals surface area contributed by atoms with Crippen LogP contribution in [0, 0.1) is 0 Å². The van der Waals surface area contributed by atoms with E-state index in [4.69, 9.17) is 4.74 Å². The van der Waals surface area contributed by atoms with E-state index in [-0.39, 0.29) is 5.91 Å². The fraction of sp³-hybridized carbons (Fsp3) is 0.556. The van der Waals surface area contributed by atoms with Crippen LogP contribution in [0.15, 0.2) is 29.4 Å². The molecule has 0 aliphatic heterocycles. The molecule has 4 nitrogen and oxygen atoms in total. The van der Waals surface area contributed by atoms with Gasteiger partial charge in [-0.05, 0) is 42.7 Å². The van der Waals surface area contributed by atoms with Crippen molar-refractivity contribution >= 4 is 11.6 Å². The van der Waals surface area contributed by atoms with Gasteiger partial charge in [-0.3, -0.25) is 4.79 Å². The summed E-state index contributed by atoms with van der Waals surface area (Å²) in [5, 5.41) is 4.26. The van der Waals surface area contributed by atoms with Gasteiger partial charge in [0.15, 0.2) is 0 Å². The van der Waals surface area contributed by atoms with Crippen molar-refractivity contribution in [2.45, 2.75) is 58.8 Å². The van der Waals surface area contributed by atoms with Crippen LogP contribution in [0.2, 0.25) is 0 Å². The first kappa shape index (κ1) is 18.2. The van der Waals surface area contributed by atoms with E-state index in [0.29, 0.717) is 6.42 Å². The van der Waals surface area contributed by atoms with Gasteiger partial charge in [0.2, 0.25) is 5.91 Å². The van der Waals surface area contributed by atoms with Gasteiger partial charge in [0.1, 0.15) is 5.75 Å². The van der Waals surface area contributed by atoms with Crippen LogP contribution in [0.5, 0.6) is 5.75 Å². The minimum atomic E-state index is -0.00374. The molecule has 22 heavy (non-hydrogen) atoms. The van der Waals surface area contributed by atoms with Crippen molar-refractivity contribution in [1.82, 2.24) is 5.43 Å². The minimum Gasteiger partial charge on any atom is -0.497 e. The minimum absolute atomic E-state index is 0.00374. The van der Waals surface area contributed by atoms with E-state index in [0.717, 1.165) is 36.3 Å². The van der Waals surface area contributed by atoms with Crippen molar-refractivity contribution < 1.29 is 9.53 Å². The van der Waals surface area contributed by atoms with E-state index < -0.39 is 0 Å². The van der Waals surface area contributed by atoms with Crippen LogP contribution < -0.4 is 10.2 Å². The lowest BCUT2D eigenvalue weighted by molar-refractivity contribution is -0.121. The molecule has 0 bridgehead atoms. The first-order valence-corrected chi connectivity index (χ1v) is 8.21. The molecule has 0 fully saturated rings. The number of rotatable bonds is 10. The second kappa shape index (κ2) is 10.8. The zero-order valence-corrected chi connectivity index (χ0v) is 14.0. The maximum Gasteiger partial charge on any atom is 0.240 e. The van der Waals surface area contributed by atoms with E-state index in [2.05, 4.69) is 17.5 Å². The standard InChI is InChI=1S/C18H28N2O2/c1-4-6-7-8-9-10-18(21)20-19-17(5-2)15-11-13-16(22-3)14-12-15/h11-14H,4-10H2,1-3H3,(H,20,21)/b19-17+. The molecule has 0 aromatic heterocycles. The van der Waals surface area contributed by atoms with Crippen molar-refractivity contribution in [2.75, 3.05) is 7.11 Å². The molecule has 4 heteroatoms. The molecule has 0 spiro atoms. The first-order valence-electron chi connectivity index (χ1n) is 8.21. The Bertz CT molecular complexity index is 466. The molecule has 0 radical (unpaired) electrons. The molecule has 1 aromatic rings. The molecule has 0 atom stereocenters. The summed E-state index contributed by atoms with van der Waals surface area (Å²) in [6, 6.07) is 7.71. The number of nitrogens with one attached hydrogen (secondary N) is 1. The summed E-state index contributed by atoms with van der Waals surface area (Å²) in [6.07, 6.45) is 7.04. The molecule has 1 N–H and O–H groups in total. The SMILES string of the molecule is CCCCCCCC(=O)N/N=C(\CC)c1ccc(OC)cc1. The van der Waals surface area contributed by atoms with Crippen molar-refractivity contribution in [3.05, 3.63) is 29.8 Å². The maximum atomic E-state index is 11.8. The Kier molecular flexibility index (Phi) is 8.96. The molecule has 0 aliphatic rings. The van der Waals surface area contributed by atoms with Crippen LogP contribution in [0.3, 0.4) is 0 Å². The van der Waals surface area contributed by atoms with Gasteiger partial charge in [0, 0.05) is 6.42 Å². The van der Waals surface area contributed by atoms with Crippen LogP contribution in [0.25, 0.3) is 0 Å². The molecule has 1 rings (SSSR count). The number of carbonyl (C=O) groups excluding carboxylic acids is 1. The highest BCUT2D eigenvalue weighted by Gasteiger charge is 2.04. The molecule has 0 saturated heterocycles. The van der Waals surface area contributed by atoms with Gasteiger partial charge in [-0.15, -0.1) is 0 Å². The van der Waals surface area contributed by atoms with Gasteiger partial charge in [-0.1, -0.05) is 39.5 Å². The Labute approximate surface area is 134 Å². The van der Waals surface area contributed by atoms with Crippen molar-refractivity contribution in [2.24, 2.45) is 5.10 Å². The molecule has 0 unspecified atom stereocenters. The highest BCUT2D eigenvalue weighted by molar-refractivity contribution is 6.00. The van der Waals surface area contributed by atoms with Crippen LogP contribution >= 0.6 is 0 Å². The second-order valence-electron chi connectivity index (χ2n) is 5.34. The average molecular weight is 304 g/mol. The summed E-state index contributed by atoms with van der Waals surface area (Å²) in [7, 11) is 1.64. The Morgan fingerprint density at radius 2 is 1.77 bits per heavy atom. The summed E-state index contributed by atoms with van der Waals surface area (Å²) in [6.45, 7) is 4.22. The lowest BCUT2D eigenvalue weighted by Crippen LogP contribution is -2.19. The molecular weight excluding hydrogens is 276 g/mol. The fourth-order valence-corrected chi connectivity index (χ4v) is 2.21. The molecule has 0 heterocycles. The van der Waals surface area contributed by atoms with E-state index in [1.54, 1.807) is 7.11 Å². The van der Waals surface area contributed by atoms with E-state index in [9.17, 15) is 4.79 Å². The third-order valence-electron chi connectivity index (χ3n) is 3.58. The summed E-state index contributed by atoms with van der Waals surface area (Å²) in [5.74, 6) is 0.811. The van der Waals surface area contributed by atoms with Gasteiger partial charge in [-0.25, -0.2) is 5.43 Å². The van der Waals surface area contributed by atoms with Crippen LogP contribution in [-0.2, 0) is 4.79 Å². The largest absolute Gasteiger partial charge is 0.497 e.